The summed E-state index contributed by atoms with van der Waals surface area (Å²) in [5, 5.41) is 21.5. The van der Waals surface area contributed by atoms with E-state index < -0.39 is 77.7 Å². The van der Waals surface area contributed by atoms with Crippen LogP contribution in [0.4, 0.5) is 0 Å². The van der Waals surface area contributed by atoms with E-state index in [-0.39, 0.29) is 12.3 Å². The zero-order valence-electron chi connectivity index (χ0n) is 21.4. The van der Waals surface area contributed by atoms with Gasteiger partial charge < -0.3 is 15.2 Å². The number of benzene rings is 1. The maximum Gasteiger partial charge on any atom is 0.333 e. The van der Waals surface area contributed by atoms with Crippen molar-refractivity contribution >= 4 is 17.8 Å². The van der Waals surface area contributed by atoms with Crippen molar-refractivity contribution in [3.63, 3.8) is 0 Å². The molecule has 0 saturated heterocycles. The summed E-state index contributed by atoms with van der Waals surface area (Å²) >= 11 is 0. The molecule has 0 bridgehead atoms. The van der Waals surface area contributed by atoms with Gasteiger partial charge in [0, 0.05) is 0 Å². The lowest BCUT2D eigenvalue weighted by molar-refractivity contribution is -0.154. The molecule has 8 nitrogen and oxygen atoms in total. The van der Waals surface area contributed by atoms with Crippen LogP contribution >= 0.6 is 0 Å². The molecule has 1 aliphatic rings. The summed E-state index contributed by atoms with van der Waals surface area (Å²) in [6.07, 6.45) is 0.459. The Morgan fingerprint density at radius 1 is 1.17 bits per heavy atom. The first-order valence-corrected chi connectivity index (χ1v) is 9.60. The number of rotatable bonds is 9. The number of esters is 1. The van der Waals surface area contributed by atoms with Crippen LogP contribution in [0.3, 0.4) is 0 Å². The van der Waals surface area contributed by atoms with E-state index in [1.807, 2.05) is 0 Å². The van der Waals surface area contributed by atoms with E-state index in [1.165, 1.54) is 5.48 Å². The van der Waals surface area contributed by atoms with Crippen LogP contribution in [0.25, 0.3) is 0 Å². The molecule has 29 heavy (non-hydrogen) atoms. The van der Waals surface area contributed by atoms with Crippen LogP contribution in [0.1, 0.15) is 64.4 Å². The van der Waals surface area contributed by atoms with Crippen LogP contribution in [0.15, 0.2) is 30.2 Å². The summed E-state index contributed by atoms with van der Waals surface area (Å²) in [5.41, 5.74) is 0.798. The second-order valence-electron chi connectivity index (χ2n) is 7.48. The van der Waals surface area contributed by atoms with E-state index in [0.29, 0.717) is 12.8 Å². The van der Waals surface area contributed by atoms with Crippen molar-refractivity contribution in [1.29, 1.82) is 0 Å². The van der Waals surface area contributed by atoms with Crippen LogP contribution in [0, 0.1) is 11.8 Å². The van der Waals surface area contributed by atoms with Gasteiger partial charge in [-0.05, 0) is 43.6 Å². The Morgan fingerprint density at radius 2 is 1.79 bits per heavy atom. The van der Waals surface area contributed by atoms with Gasteiger partial charge in [-0.15, -0.1) is 0 Å². The molecule has 0 spiro atoms. The molecule has 1 fully saturated rings. The lowest BCUT2D eigenvalue weighted by Gasteiger charge is -2.26. The molecule has 4 N–H and O–H groups in total. The number of aliphatic hydroxyl groups excluding tert-OH is 1. The normalized spacial score (nSPS) is 19.8. The van der Waals surface area contributed by atoms with Crippen molar-refractivity contribution < 1.29 is 36.3 Å². The number of amides is 2. The lowest BCUT2D eigenvalue weighted by atomic mass is 9.90. The smallest absolute Gasteiger partial charge is 0.333 e. The minimum atomic E-state index is -1.96. The zero-order valence-corrected chi connectivity index (χ0v) is 16.4. The Labute approximate surface area is 177 Å². The van der Waals surface area contributed by atoms with Crippen molar-refractivity contribution in [2.75, 3.05) is 0 Å². The number of hydrogen-bond donors (Lipinski definition) is 4. The van der Waals surface area contributed by atoms with Crippen molar-refractivity contribution in [2.45, 2.75) is 64.2 Å². The van der Waals surface area contributed by atoms with E-state index in [9.17, 15) is 19.5 Å². The Bertz CT molecular complexity index is 910. The summed E-state index contributed by atoms with van der Waals surface area (Å²) in [6, 6.07) is -5.20. The van der Waals surface area contributed by atoms with Crippen molar-refractivity contribution in [2.24, 2.45) is 11.8 Å². The van der Waals surface area contributed by atoms with Crippen LogP contribution in [-0.2, 0) is 19.1 Å². The lowest BCUT2D eigenvalue weighted by Crippen LogP contribution is -2.47. The van der Waals surface area contributed by atoms with E-state index in [2.05, 4.69) is 5.32 Å². The van der Waals surface area contributed by atoms with Gasteiger partial charge in [0.25, 0.3) is 5.91 Å². The predicted molar refractivity (Wildman–Crippen MR) is 105 cm³/mol. The molecule has 2 rings (SSSR count). The fourth-order valence-electron chi connectivity index (χ4n) is 3.28. The molecule has 1 aromatic carbocycles. The van der Waals surface area contributed by atoms with Gasteiger partial charge in [-0.1, -0.05) is 44.1 Å². The first-order chi connectivity index (χ1) is 15.9. The Hall–Kier alpha value is -2.45. The van der Waals surface area contributed by atoms with Crippen LogP contribution in [0.5, 0.6) is 0 Å². The summed E-state index contributed by atoms with van der Waals surface area (Å²) in [5.74, 6) is -4.80. The molecular formula is C21H30N2O6. The molecule has 3 atom stereocenters. The maximum atomic E-state index is 13.1. The second kappa shape index (κ2) is 10.9. The SMILES string of the molecule is [2H]c1c([2H])c([2H])c([C@H](NC(=O)[C@H](CC(C)C)[C@H](O)C(=O)NO)C(=O)OC2CCCC2)c([2H])c1[2H]. The van der Waals surface area contributed by atoms with Gasteiger partial charge in [-0.2, -0.15) is 0 Å². The van der Waals surface area contributed by atoms with Crippen molar-refractivity contribution in [3.05, 3.63) is 35.8 Å². The van der Waals surface area contributed by atoms with Crippen LogP contribution < -0.4 is 10.8 Å². The third kappa shape index (κ3) is 6.54. The van der Waals surface area contributed by atoms with Gasteiger partial charge in [-0.3, -0.25) is 14.8 Å². The minimum Gasteiger partial charge on any atom is -0.461 e. The van der Waals surface area contributed by atoms with Gasteiger partial charge in [0.1, 0.15) is 12.2 Å². The maximum absolute atomic E-state index is 13.1. The molecule has 0 unspecified atom stereocenters. The highest BCUT2D eigenvalue weighted by atomic mass is 16.5. The molecule has 1 aromatic rings. The molecule has 1 saturated carbocycles. The fourth-order valence-corrected chi connectivity index (χ4v) is 3.28. The molecule has 0 aliphatic heterocycles. The third-order valence-corrected chi connectivity index (χ3v) is 4.74. The Balaban J connectivity index is 2.50. The summed E-state index contributed by atoms with van der Waals surface area (Å²) < 4.78 is 45.5. The highest BCUT2D eigenvalue weighted by Gasteiger charge is 2.36. The van der Waals surface area contributed by atoms with Gasteiger partial charge in [0.15, 0.2) is 6.04 Å². The summed E-state index contributed by atoms with van der Waals surface area (Å²) in [4.78, 5) is 38.0. The number of nitrogens with one attached hydrogen (secondary N) is 2. The van der Waals surface area contributed by atoms with Crippen molar-refractivity contribution in [3.8, 4) is 0 Å². The first-order valence-electron chi connectivity index (χ1n) is 12.1. The fraction of sp³-hybridized carbons (Fsp3) is 0.571. The quantitative estimate of drug-likeness (QED) is 0.279. The molecule has 0 aromatic heterocycles. The van der Waals surface area contributed by atoms with E-state index in [1.54, 1.807) is 13.8 Å². The number of aliphatic hydroxyl groups is 1. The molecule has 0 heterocycles. The standard InChI is InChI=1S/C21H30N2O6/c1-13(2)12-16(18(24)20(26)23-28)19(25)22-17(14-8-4-3-5-9-14)21(27)29-15-10-6-7-11-15/h3-5,8-9,13,15-18,24,28H,6-7,10-12H2,1-2H3,(H,22,25)(H,23,26)/t16-,17+,18+/m1/s1/i3D,4D,5D,8D,9D. The topological polar surface area (TPSA) is 125 Å². The summed E-state index contributed by atoms with van der Waals surface area (Å²) in [6.45, 7) is 3.45. The van der Waals surface area contributed by atoms with Crippen molar-refractivity contribution in [1.82, 2.24) is 10.8 Å². The second-order valence-corrected chi connectivity index (χ2v) is 7.48. The van der Waals surface area contributed by atoms with Crippen LogP contribution in [0.2, 0.25) is 0 Å². The van der Waals surface area contributed by atoms with Crippen LogP contribution in [-0.4, -0.2) is 40.3 Å². The zero-order chi connectivity index (χ0) is 25.7. The largest absolute Gasteiger partial charge is 0.461 e. The highest BCUT2D eigenvalue weighted by Crippen LogP contribution is 2.25. The molecule has 1 aliphatic carbocycles. The molecule has 0 radical (unpaired) electrons. The number of hydrogen-bond acceptors (Lipinski definition) is 6. The highest BCUT2D eigenvalue weighted by molar-refractivity contribution is 5.91. The number of ether oxygens (including phenoxy) is 1. The number of carbonyl (C=O) groups is 3. The third-order valence-electron chi connectivity index (χ3n) is 4.74. The van der Waals surface area contributed by atoms with E-state index in [4.69, 9.17) is 16.8 Å². The Morgan fingerprint density at radius 3 is 2.34 bits per heavy atom. The Kier molecular flexibility index (Phi) is 6.16. The van der Waals surface area contributed by atoms with Gasteiger partial charge in [0.2, 0.25) is 5.91 Å². The molecular weight excluding hydrogens is 376 g/mol. The first kappa shape index (κ1) is 16.4. The molecule has 160 valence electrons. The molecule has 8 heteroatoms. The number of hydroxylamine groups is 1. The average molecular weight is 412 g/mol. The molecule has 2 amide bonds. The van der Waals surface area contributed by atoms with Gasteiger partial charge in [0.05, 0.1) is 12.8 Å². The summed E-state index contributed by atoms with van der Waals surface area (Å²) in [7, 11) is 0. The minimum absolute atomic E-state index is 0.00861. The predicted octanol–water partition coefficient (Wildman–Crippen LogP) is 1.86. The average Bonchev–Trinajstić information content (AvgIpc) is 3.30. The van der Waals surface area contributed by atoms with E-state index >= 15 is 0 Å². The number of carbonyl (C=O) groups excluding carboxylic acids is 3. The van der Waals surface area contributed by atoms with E-state index in [0.717, 1.165) is 12.8 Å². The van der Waals surface area contributed by atoms with Gasteiger partial charge >= 0.3 is 5.97 Å². The monoisotopic (exact) mass is 411 g/mol. The van der Waals surface area contributed by atoms with Gasteiger partial charge in [-0.25, -0.2) is 10.3 Å².